The van der Waals surface area contributed by atoms with E-state index in [9.17, 15) is 8.42 Å². The lowest BCUT2D eigenvalue weighted by Gasteiger charge is -2.03. The summed E-state index contributed by atoms with van der Waals surface area (Å²) in [5.74, 6) is -0.125. The molecule has 18 heavy (non-hydrogen) atoms. The number of nitriles is 1. The first kappa shape index (κ1) is 12.0. The number of benzene rings is 1. The lowest BCUT2D eigenvalue weighted by atomic mass is 10.2. The van der Waals surface area contributed by atoms with Crippen LogP contribution in [-0.4, -0.2) is 28.6 Å². The second-order valence-corrected chi connectivity index (χ2v) is 5.03. The molecular formula is C9H8N6O2S. The third-order valence-corrected chi connectivity index (χ3v) is 3.33. The third-order valence-electron chi connectivity index (χ3n) is 2.01. The number of anilines is 1. The van der Waals surface area contributed by atoms with Gasteiger partial charge in [0.05, 0.1) is 23.6 Å². The summed E-state index contributed by atoms with van der Waals surface area (Å²) >= 11 is 0. The highest BCUT2D eigenvalue weighted by molar-refractivity contribution is 7.92. The van der Waals surface area contributed by atoms with Crippen molar-refractivity contribution in [2.45, 2.75) is 4.90 Å². The molecule has 0 aliphatic carbocycles. The Morgan fingerprint density at radius 1 is 1.44 bits per heavy atom. The Hall–Kier alpha value is -2.47. The van der Waals surface area contributed by atoms with E-state index in [1.54, 1.807) is 0 Å². The van der Waals surface area contributed by atoms with Crippen molar-refractivity contribution in [1.29, 1.82) is 5.26 Å². The zero-order valence-electron chi connectivity index (χ0n) is 9.27. The Morgan fingerprint density at radius 3 is 2.83 bits per heavy atom. The predicted octanol–water partition coefficient (Wildman–Crippen LogP) is -0.117. The smallest absolute Gasteiger partial charge is 0.245 e. The van der Waals surface area contributed by atoms with Crippen molar-refractivity contribution < 1.29 is 8.42 Å². The number of nitrogens with zero attached hydrogens (tertiary/aromatic N) is 5. The molecule has 2 rings (SSSR count). The number of tetrazole rings is 1. The van der Waals surface area contributed by atoms with E-state index in [4.69, 9.17) is 5.26 Å². The second kappa shape index (κ2) is 4.42. The molecule has 0 bridgehead atoms. The molecule has 1 aromatic carbocycles. The number of sulfonamides is 1. The molecule has 1 N–H and O–H groups in total. The maximum atomic E-state index is 11.9. The van der Waals surface area contributed by atoms with Crippen LogP contribution in [-0.2, 0) is 17.1 Å². The van der Waals surface area contributed by atoms with Gasteiger partial charge in [0.15, 0.2) is 0 Å². The number of rotatable bonds is 3. The highest BCUT2D eigenvalue weighted by Crippen LogP contribution is 2.13. The lowest BCUT2D eigenvalue weighted by Crippen LogP contribution is -2.14. The van der Waals surface area contributed by atoms with E-state index in [0.717, 1.165) is 4.80 Å². The van der Waals surface area contributed by atoms with Gasteiger partial charge in [-0.05, 0) is 23.4 Å². The highest BCUT2D eigenvalue weighted by Gasteiger charge is 2.17. The van der Waals surface area contributed by atoms with Crippen molar-refractivity contribution in [2.75, 3.05) is 4.72 Å². The van der Waals surface area contributed by atoms with Gasteiger partial charge in [-0.2, -0.15) is 10.1 Å². The molecule has 0 spiro atoms. The van der Waals surface area contributed by atoms with E-state index in [2.05, 4.69) is 20.1 Å². The molecule has 0 fully saturated rings. The van der Waals surface area contributed by atoms with Gasteiger partial charge in [0, 0.05) is 0 Å². The first-order chi connectivity index (χ1) is 8.51. The van der Waals surface area contributed by atoms with Crippen LogP contribution in [0.25, 0.3) is 0 Å². The molecule has 0 atom stereocenters. The standard InChI is InChI=1S/C9H8N6O2S/c1-15-12-9(11-14-15)13-18(16,17)8-4-2-3-7(5-8)6-10/h2-5H,1H3,(H,12,13). The van der Waals surface area contributed by atoms with E-state index >= 15 is 0 Å². The monoisotopic (exact) mass is 264 g/mol. The molecule has 1 aromatic heterocycles. The Bertz CT molecular complexity index is 715. The fourth-order valence-corrected chi connectivity index (χ4v) is 2.22. The van der Waals surface area contributed by atoms with E-state index in [1.807, 2.05) is 6.07 Å². The second-order valence-electron chi connectivity index (χ2n) is 3.35. The summed E-state index contributed by atoms with van der Waals surface area (Å²) < 4.78 is 26.0. The minimum absolute atomic E-state index is 0.0333. The molecular weight excluding hydrogens is 256 g/mol. The van der Waals surface area contributed by atoms with Crippen molar-refractivity contribution in [1.82, 2.24) is 20.2 Å². The highest BCUT2D eigenvalue weighted by atomic mass is 32.2. The fraction of sp³-hybridized carbons (Fsp3) is 0.111. The molecule has 9 heteroatoms. The Morgan fingerprint density at radius 2 is 2.22 bits per heavy atom. The zero-order chi connectivity index (χ0) is 13.2. The summed E-state index contributed by atoms with van der Waals surface area (Å²) in [4.78, 5) is 1.10. The summed E-state index contributed by atoms with van der Waals surface area (Å²) in [6.07, 6.45) is 0. The maximum Gasteiger partial charge on any atom is 0.277 e. The van der Waals surface area contributed by atoms with Crippen LogP contribution in [0.1, 0.15) is 5.56 Å². The Labute approximate surface area is 103 Å². The Balaban J connectivity index is 2.34. The van der Waals surface area contributed by atoms with Crippen molar-refractivity contribution in [3.8, 4) is 6.07 Å². The first-order valence-electron chi connectivity index (χ1n) is 4.78. The van der Waals surface area contributed by atoms with Crippen LogP contribution in [0.2, 0.25) is 0 Å². The molecule has 92 valence electrons. The molecule has 1 heterocycles. The van der Waals surface area contributed by atoms with Gasteiger partial charge >= 0.3 is 0 Å². The van der Waals surface area contributed by atoms with Gasteiger partial charge in [0.2, 0.25) is 0 Å². The minimum Gasteiger partial charge on any atom is -0.245 e. The van der Waals surface area contributed by atoms with Gasteiger partial charge < -0.3 is 0 Å². The van der Waals surface area contributed by atoms with Gasteiger partial charge in [0.1, 0.15) is 0 Å². The van der Waals surface area contributed by atoms with Crippen LogP contribution in [0.4, 0.5) is 5.95 Å². The number of hydrogen-bond donors (Lipinski definition) is 1. The molecule has 0 aliphatic heterocycles. The van der Waals surface area contributed by atoms with Crippen LogP contribution >= 0.6 is 0 Å². The van der Waals surface area contributed by atoms with Crippen LogP contribution in [0, 0.1) is 11.3 Å². The summed E-state index contributed by atoms with van der Waals surface area (Å²) in [6, 6.07) is 7.50. The Kier molecular flexibility index (Phi) is 2.95. The average molecular weight is 264 g/mol. The van der Waals surface area contributed by atoms with Crippen molar-refractivity contribution in [3.63, 3.8) is 0 Å². The number of aromatic nitrogens is 4. The van der Waals surface area contributed by atoms with Gasteiger partial charge in [0.25, 0.3) is 16.0 Å². The summed E-state index contributed by atoms with van der Waals surface area (Å²) in [5, 5.41) is 19.4. The number of nitrogens with one attached hydrogen (secondary N) is 1. The molecule has 2 aromatic rings. The SMILES string of the molecule is Cn1nnc(NS(=O)(=O)c2cccc(C#N)c2)n1. The normalized spacial score (nSPS) is 10.9. The molecule has 0 unspecified atom stereocenters. The summed E-state index contributed by atoms with van der Waals surface area (Å²) in [5.41, 5.74) is 0.255. The zero-order valence-corrected chi connectivity index (χ0v) is 10.1. The molecule has 0 aliphatic rings. The minimum atomic E-state index is -3.81. The van der Waals surface area contributed by atoms with Crippen LogP contribution < -0.4 is 4.72 Å². The van der Waals surface area contributed by atoms with Crippen molar-refractivity contribution in [2.24, 2.45) is 7.05 Å². The molecule has 0 saturated carbocycles. The molecule has 0 radical (unpaired) electrons. The molecule has 8 nitrogen and oxygen atoms in total. The van der Waals surface area contributed by atoms with Crippen LogP contribution in [0.5, 0.6) is 0 Å². The quantitative estimate of drug-likeness (QED) is 0.826. The largest absolute Gasteiger partial charge is 0.277 e. The first-order valence-corrected chi connectivity index (χ1v) is 6.26. The molecule has 0 saturated heterocycles. The van der Waals surface area contributed by atoms with E-state index < -0.39 is 10.0 Å². The van der Waals surface area contributed by atoms with Crippen molar-refractivity contribution >= 4 is 16.0 Å². The number of aryl methyl sites for hydroxylation is 1. The number of hydrogen-bond acceptors (Lipinski definition) is 6. The van der Waals surface area contributed by atoms with Gasteiger partial charge in [-0.3, -0.25) is 0 Å². The van der Waals surface area contributed by atoms with E-state index in [-0.39, 0.29) is 16.4 Å². The van der Waals surface area contributed by atoms with Crippen LogP contribution in [0.15, 0.2) is 29.2 Å². The fourth-order valence-electron chi connectivity index (χ4n) is 1.24. The topological polar surface area (TPSA) is 114 Å². The maximum absolute atomic E-state index is 11.9. The average Bonchev–Trinajstić information content (AvgIpc) is 2.74. The molecule has 0 amide bonds. The third kappa shape index (κ3) is 2.44. The van der Waals surface area contributed by atoms with Crippen molar-refractivity contribution in [3.05, 3.63) is 29.8 Å². The van der Waals surface area contributed by atoms with E-state index in [1.165, 1.54) is 31.3 Å². The van der Waals surface area contributed by atoms with Gasteiger partial charge in [-0.1, -0.05) is 11.2 Å². The summed E-state index contributed by atoms with van der Waals surface area (Å²) in [7, 11) is -2.30. The van der Waals surface area contributed by atoms with Gasteiger partial charge in [-0.25, -0.2) is 13.1 Å². The van der Waals surface area contributed by atoms with Gasteiger partial charge in [-0.15, -0.1) is 5.10 Å². The predicted molar refractivity (Wildman–Crippen MR) is 60.8 cm³/mol. The lowest BCUT2D eigenvalue weighted by molar-refractivity contribution is 0.600. The summed E-state index contributed by atoms with van der Waals surface area (Å²) in [6.45, 7) is 0. The van der Waals surface area contributed by atoms with E-state index in [0.29, 0.717) is 0 Å². The van der Waals surface area contributed by atoms with Crippen LogP contribution in [0.3, 0.4) is 0 Å².